The fourth-order valence-electron chi connectivity index (χ4n) is 3.95. The van der Waals surface area contributed by atoms with Crippen molar-refractivity contribution in [2.24, 2.45) is 0 Å². The van der Waals surface area contributed by atoms with E-state index in [1.165, 1.54) is 35.9 Å². The average molecular weight is 476 g/mol. The minimum Gasteiger partial charge on any atom is -0.484 e. The summed E-state index contributed by atoms with van der Waals surface area (Å²) in [6, 6.07) is 8.04. The highest BCUT2D eigenvalue weighted by Crippen LogP contribution is 2.29. The third kappa shape index (κ3) is 6.13. The SMILES string of the molecule is Cc1ccccc1OCC(=O)N1CCN(c2nnc(SCC(=O)NC3CCCC3)s2)CC1. The molecule has 1 aliphatic carbocycles. The highest BCUT2D eigenvalue weighted by molar-refractivity contribution is 8.01. The van der Waals surface area contributed by atoms with Gasteiger partial charge in [-0.05, 0) is 31.4 Å². The lowest BCUT2D eigenvalue weighted by atomic mass is 10.2. The van der Waals surface area contributed by atoms with Crippen molar-refractivity contribution in [2.45, 2.75) is 43.0 Å². The Morgan fingerprint density at radius 1 is 1.16 bits per heavy atom. The van der Waals surface area contributed by atoms with Gasteiger partial charge in [0.15, 0.2) is 10.9 Å². The van der Waals surface area contributed by atoms with Gasteiger partial charge in [-0.15, -0.1) is 10.2 Å². The van der Waals surface area contributed by atoms with Crippen LogP contribution >= 0.6 is 23.1 Å². The van der Waals surface area contributed by atoms with Gasteiger partial charge in [-0.1, -0.05) is 54.1 Å². The van der Waals surface area contributed by atoms with Gasteiger partial charge in [0.2, 0.25) is 11.0 Å². The first-order valence-electron chi connectivity index (χ1n) is 11.1. The van der Waals surface area contributed by atoms with Crippen LogP contribution in [-0.2, 0) is 9.59 Å². The summed E-state index contributed by atoms with van der Waals surface area (Å²) in [6.45, 7) is 4.68. The Bertz CT molecular complexity index is 924. The van der Waals surface area contributed by atoms with Crippen LogP contribution in [0.1, 0.15) is 31.2 Å². The van der Waals surface area contributed by atoms with Gasteiger partial charge in [-0.25, -0.2) is 0 Å². The molecule has 0 bridgehead atoms. The zero-order valence-electron chi connectivity index (χ0n) is 18.3. The van der Waals surface area contributed by atoms with Crippen LogP contribution in [0.4, 0.5) is 5.13 Å². The third-order valence-electron chi connectivity index (χ3n) is 5.79. The molecule has 32 heavy (non-hydrogen) atoms. The molecule has 2 aliphatic rings. The van der Waals surface area contributed by atoms with Crippen LogP contribution in [0.25, 0.3) is 0 Å². The summed E-state index contributed by atoms with van der Waals surface area (Å²) in [4.78, 5) is 28.6. The Hall–Kier alpha value is -2.33. The van der Waals surface area contributed by atoms with E-state index in [9.17, 15) is 9.59 Å². The lowest BCUT2D eigenvalue weighted by molar-refractivity contribution is -0.133. The zero-order valence-corrected chi connectivity index (χ0v) is 19.9. The molecule has 8 nitrogen and oxygen atoms in total. The van der Waals surface area contributed by atoms with Crippen LogP contribution in [-0.4, -0.2) is 71.5 Å². The number of carbonyl (C=O) groups is 2. The number of piperazine rings is 1. The molecule has 0 spiro atoms. The number of nitrogens with one attached hydrogen (secondary N) is 1. The number of nitrogens with zero attached hydrogens (tertiary/aromatic N) is 4. The Kier molecular flexibility index (Phi) is 7.85. The molecule has 0 radical (unpaired) electrons. The summed E-state index contributed by atoms with van der Waals surface area (Å²) in [6.07, 6.45) is 4.59. The molecular formula is C22H29N5O3S2. The van der Waals surface area contributed by atoms with Crippen molar-refractivity contribution in [3.05, 3.63) is 29.8 Å². The second kappa shape index (κ2) is 11.0. The fourth-order valence-corrected chi connectivity index (χ4v) is 5.66. The third-order valence-corrected chi connectivity index (χ3v) is 7.91. The summed E-state index contributed by atoms with van der Waals surface area (Å²) in [5, 5.41) is 12.5. The Balaban J connectivity index is 1.19. The Morgan fingerprint density at radius 2 is 1.91 bits per heavy atom. The summed E-state index contributed by atoms with van der Waals surface area (Å²) < 4.78 is 6.49. The van der Waals surface area contributed by atoms with E-state index < -0.39 is 0 Å². The summed E-state index contributed by atoms with van der Waals surface area (Å²) in [7, 11) is 0. The van der Waals surface area contributed by atoms with Crippen molar-refractivity contribution in [3.8, 4) is 5.75 Å². The maximum Gasteiger partial charge on any atom is 0.260 e. The molecule has 4 rings (SSSR count). The number of benzene rings is 1. The van der Waals surface area contributed by atoms with Crippen LogP contribution in [0, 0.1) is 6.92 Å². The summed E-state index contributed by atoms with van der Waals surface area (Å²) in [5.41, 5.74) is 1.02. The van der Waals surface area contributed by atoms with Crippen molar-refractivity contribution in [1.82, 2.24) is 20.4 Å². The number of thioether (sulfide) groups is 1. The average Bonchev–Trinajstić information content (AvgIpc) is 3.49. The molecule has 2 fully saturated rings. The number of anilines is 1. The van der Waals surface area contributed by atoms with E-state index in [0.717, 1.165) is 33.6 Å². The first-order valence-corrected chi connectivity index (χ1v) is 12.9. The molecule has 2 amide bonds. The monoisotopic (exact) mass is 475 g/mol. The molecule has 1 aromatic heterocycles. The molecule has 1 saturated carbocycles. The molecule has 1 saturated heterocycles. The van der Waals surface area contributed by atoms with Crippen molar-refractivity contribution < 1.29 is 14.3 Å². The topological polar surface area (TPSA) is 87.7 Å². The minimum atomic E-state index is -0.00492. The molecule has 1 aliphatic heterocycles. The number of aryl methyl sites for hydroxylation is 1. The van der Waals surface area contributed by atoms with Gasteiger partial charge in [0.05, 0.1) is 5.75 Å². The zero-order chi connectivity index (χ0) is 22.3. The van der Waals surface area contributed by atoms with Crippen LogP contribution in [0.15, 0.2) is 28.6 Å². The molecule has 0 atom stereocenters. The quantitative estimate of drug-likeness (QED) is 0.588. The highest BCUT2D eigenvalue weighted by Gasteiger charge is 2.24. The normalized spacial score (nSPS) is 16.9. The van der Waals surface area contributed by atoms with Crippen molar-refractivity contribution in [1.29, 1.82) is 0 Å². The van der Waals surface area contributed by atoms with Gasteiger partial charge in [0.25, 0.3) is 5.91 Å². The lowest BCUT2D eigenvalue weighted by Gasteiger charge is -2.34. The second-order valence-electron chi connectivity index (χ2n) is 8.11. The van der Waals surface area contributed by atoms with Gasteiger partial charge in [0, 0.05) is 32.2 Å². The molecular weight excluding hydrogens is 446 g/mol. The van der Waals surface area contributed by atoms with E-state index in [2.05, 4.69) is 20.4 Å². The van der Waals surface area contributed by atoms with E-state index in [4.69, 9.17) is 4.74 Å². The molecule has 1 N–H and O–H groups in total. The van der Waals surface area contributed by atoms with Crippen LogP contribution in [0.2, 0.25) is 0 Å². The lowest BCUT2D eigenvalue weighted by Crippen LogP contribution is -2.50. The second-order valence-corrected chi connectivity index (χ2v) is 10.3. The fraction of sp³-hybridized carbons (Fsp3) is 0.545. The van der Waals surface area contributed by atoms with E-state index >= 15 is 0 Å². The first kappa shape index (κ1) is 22.8. The Morgan fingerprint density at radius 3 is 2.66 bits per heavy atom. The number of amides is 2. The molecule has 0 unspecified atom stereocenters. The molecule has 1 aromatic carbocycles. The molecule has 172 valence electrons. The predicted octanol–water partition coefficient (Wildman–Crippen LogP) is 2.73. The number of para-hydroxylation sites is 1. The largest absolute Gasteiger partial charge is 0.484 e. The summed E-state index contributed by atoms with van der Waals surface area (Å²) >= 11 is 2.93. The highest BCUT2D eigenvalue weighted by atomic mass is 32.2. The van der Waals surface area contributed by atoms with Gasteiger partial charge < -0.3 is 19.9 Å². The maximum absolute atomic E-state index is 12.5. The van der Waals surface area contributed by atoms with E-state index in [0.29, 0.717) is 38.0 Å². The Labute approximate surface area is 196 Å². The van der Waals surface area contributed by atoms with Gasteiger partial charge in [-0.3, -0.25) is 9.59 Å². The van der Waals surface area contributed by atoms with Gasteiger partial charge in [0.1, 0.15) is 5.75 Å². The molecule has 10 heteroatoms. The van der Waals surface area contributed by atoms with Gasteiger partial charge >= 0.3 is 0 Å². The summed E-state index contributed by atoms with van der Waals surface area (Å²) in [5.74, 6) is 1.18. The first-order chi connectivity index (χ1) is 15.6. The van der Waals surface area contributed by atoms with Crippen molar-refractivity contribution >= 4 is 40.0 Å². The van der Waals surface area contributed by atoms with E-state index in [1.54, 1.807) is 0 Å². The minimum absolute atomic E-state index is 0.00492. The number of aromatic nitrogens is 2. The smallest absolute Gasteiger partial charge is 0.260 e. The van der Waals surface area contributed by atoms with E-state index in [-0.39, 0.29) is 18.4 Å². The van der Waals surface area contributed by atoms with E-state index in [1.807, 2.05) is 36.1 Å². The van der Waals surface area contributed by atoms with Crippen LogP contribution < -0.4 is 15.0 Å². The maximum atomic E-state index is 12.5. The number of rotatable bonds is 8. The predicted molar refractivity (Wildman–Crippen MR) is 126 cm³/mol. The number of hydrogen-bond donors (Lipinski definition) is 1. The number of carbonyl (C=O) groups excluding carboxylic acids is 2. The van der Waals surface area contributed by atoms with Crippen molar-refractivity contribution in [2.75, 3.05) is 43.4 Å². The van der Waals surface area contributed by atoms with Crippen LogP contribution in [0.3, 0.4) is 0 Å². The number of hydrogen-bond acceptors (Lipinski definition) is 8. The van der Waals surface area contributed by atoms with Gasteiger partial charge in [-0.2, -0.15) is 0 Å². The molecule has 2 heterocycles. The van der Waals surface area contributed by atoms with Crippen molar-refractivity contribution in [3.63, 3.8) is 0 Å². The standard InChI is InChI=1S/C22H29N5O3S2/c1-16-6-2-5-9-18(16)30-14-20(29)26-10-12-27(13-11-26)21-24-25-22(32-21)31-15-19(28)23-17-7-3-4-8-17/h2,5-6,9,17H,3-4,7-8,10-15H2,1H3,(H,23,28). The van der Waals surface area contributed by atoms with Crippen LogP contribution in [0.5, 0.6) is 5.75 Å². The number of ether oxygens (including phenoxy) is 1. The molecule has 2 aromatic rings.